The summed E-state index contributed by atoms with van der Waals surface area (Å²) in [7, 11) is 0. The van der Waals surface area contributed by atoms with Crippen LogP contribution in [-0.4, -0.2) is 57.0 Å². The van der Waals surface area contributed by atoms with E-state index in [1.807, 2.05) is 0 Å². The highest BCUT2D eigenvalue weighted by atomic mass is 32.2. The topological polar surface area (TPSA) is 151 Å². The van der Waals surface area contributed by atoms with Gasteiger partial charge in [-0.25, -0.2) is 4.98 Å². The Balaban J connectivity index is 1.93. The minimum Gasteiger partial charge on any atom is -0.492 e. The second-order valence-electron chi connectivity index (χ2n) is 6.65. The zero-order valence-electron chi connectivity index (χ0n) is 15.4. The number of carbonyl (C=O) groups is 3. The number of fused-ring (bicyclic) bond motifs is 1. The first-order valence-corrected chi connectivity index (χ1v) is 9.59. The lowest BCUT2D eigenvalue weighted by Gasteiger charge is -2.27. The number of aromatic nitrogens is 2. The molecule has 3 heterocycles. The maximum Gasteiger partial charge on any atom is 0.302 e. The van der Waals surface area contributed by atoms with Gasteiger partial charge in [0.1, 0.15) is 18.8 Å². The van der Waals surface area contributed by atoms with Crippen LogP contribution in [0.4, 0.5) is 5.95 Å². The lowest BCUT2D eigenvalue weighted by atomic mass is 9.89. The summed E-state index contributed by atoms with van der Waals surface area (Å²) >= 11 is 0.859. The minimum absolute atomic E-state index is 0.0218. The molecule has 0 bridgehead atoms. The van der Waals surface area contributed by atoms with Crippen molar-refractivity contribution in [2.75, 3.05) is 12.3 Å². The Bertz CT molecular complexity index is 803. The van der Waals surface area contributed by atoms with Crippen LogP contribution >= 0.6 is 11.8 Å². The van der Waals surface area contributed by atoms with Gasteiger partial charge in [0.15, 0.2) is 5.12 Å². The highest BCUT2D eigenvalue weighted by Crippen LogP contribution is 2.45. The predicted molar refractivity (Wildman–Crippen MR) is 96.4 cm³/mol. The first-order chi connectivity index (χ1) is 13.2. The standard InChI is InChI=1S/C17H21N3O7S/c1-7(21)25-6-9-5-11(26-8(2)22)14(27-9)10-3-4-12(23)28-15-13(10)19-17(18)20-16(15)24/h9-11,14H,3-6H2,1-2H3,(H3,18,19,20,24)/t9-,10?,11+,14-/m0/s1. The number of thioether (sulfide) groups is 1. The molecule has 3 N–H and O–H groups in total. The maximum atomic E-state index is 12.1. The largest absolute Gasteiger partial charge is 0.492 e. The van der Waals surface area contributed by atoms with Crippen LogP contribution in [0.3, 0.4) is 0 Å². The van der Waals surface area contributed by atoms with Crippen molar-refractivity contribution in [1.29, 1.82) is 0 Å². The van der Waals surface area contributed by atoms with Crippen molar-refractivity contribution in [3.8, 4) is 5.88 Å². The molecule has 0 aromatic carbocycles. The van der Waals surface area contributed by atoms with Crippen molar-refractivity contribution in [2.45, 2.75) is 62.2 Å². The Morgan fingerprint density at radius 3 is 2.75 bits per heavy atom. The van der Waals surface area contributed by atoms with E-state index in [1.165, 1.54) is 13.8 Å². The predicted octanol–water partition coefficient (Wildman–Crippen LogP) is 0.913. The molecule has 3 rings (SSSR count). The summed E-state index contributed by atoms with van der Waals surface area (Å²) in [6.45, 7) is 2.61. The monoisotopic (exact) mass is 411 g/mol. The van der Waals surface area contributed by atoms with Crippen molar-refractivity contribution >= 4 is 34.8 Å². The number of nitrogens with two attached hydrogens (primary N) is 1. The van der Waals surface area contributed by atoms with E-state index in [4.69, 9.17) is 19.9 Å². The number of aromatic hydroxyl groups is 1. The Morgan fingerprint density at radius 2 is 2.07 bits per heavy atom. The molecule has 11 heteroatoms. The van der Waals surface area contributed by atoms with E-state index >= 15 is 0 Å². The van der Waals surface area contributed by atoms with Crippen LogP contribution in [0.1, 0.15) is 44.7 Å². The molecule has 2 aliphatic heterocycles. The number of anilines is 1. The summed E-state index contributed by atoms with van der Waals surface area (Å²) in [5, 5.41) is 10.0. The van der Waals surface area contributed by atoms with E-state index in [2.05, 4.69) is 9.97 Å². The van der Waals surface area contributed by atoms with Crippen molar-refractivity contribution in [1.82, 2.24) is 9.97 Å². The fraction of sp³-hybridized carbons (Fsp3) is 0.588. The number of rotatable bonds is 4. The van der Waals surface area contributed by atoms with Crippen molar-refractivity contribution in [3.05, 3.63) is 5.69 Å². The third-order valence-electron chi connectivity index (χ3n) is 4.52. The maximum absolute atomic E-state index is 12.1. The first kappa shape index (κ1) is 20.3. The van der Waals surface area contributed by atoms with Gasteiger partial charge in [0, 0.05) is 32.6 Å². The van der Waals surface area contributed by atoms with Gasteiger partial charge in [-0.2, -0.15) is 4.98 Å². The van der Waals surface area contributed by atoms with Crippen LogP contribution in [0.5, 0.6) is 5.88 Å². The fourth-order valence-electron chi connectivity index (χ4n) is 3.48. The first-order valence-electron chi connectivity index (χ1n) is 8.77. The molecule has 1 unspecified atom stereocenters. The quantitative estimate of drug-likeness (QED) is 0.680. The molecule has 28 heavy (non-hydrogen) atoms. The molecule has 1 aromatic rings. The zero-order valence-corrected chi connectivity index (χ0v) is 16.2. The minimum atomic E-state index is -0.636. The number of nitrogens with zero attached hydrogens (tertiary/aromatic N) is 2. The summed E-state index contributed by atoms with van der Waals surface area (Å²) in [5.74, 6) is -1.88. The van der Waals surface area contributed by atoms with Crippen LogP contribution in [0.2, 0.25) is 0 Å². The molecular weight excluding hydrogens is 390 g/mol. The number of carbonyl (C=O) groups excluding carboxylic acids is 3. The summed E-state index contributed by atoms with van der Waals surface area (Å²) in [6.07, 6.45) is -0.808. The Kier molecular flexibility index (Phi) is 6.04. The lowest BCUT2D eigenvalue weighted by molar-refractivity contribution is -0.150. The summed E-state index contributed by atoms with van der Waals surface area (Å²) < 4.78 is 16.5. The number of hydrogen-bond acceptors (Lipinski definition) is 11. The van der Waals surface area contributed by atoms with Gasteiger partial charge in [0.25, 0.3) is 0 Å². The highest BCUT2D eigenvalue weighted by molar-refractivity contribution is 8.13. The Morgan fingerprint density at radius 1 is 1.32 bits per heavy atom. The number of nitrogen functional groups attached to an aromatic ring is 1. The Hall–Kier alpha value is -2.40. The van der Waals surface area contributed by atoms with Gasteiger partial charge < -0.3 is 25.1 Å². The summed E-state index contributed by atoms with van der Waals surface area (Å²) in [6, 6.07) is 0. The normalized spacial score (nSPS) is 27.0. The average molecular weight is 411 g/mol. The van der Waals surface area contributed by atoms with Gasteiger partial charge in [-0.1, -0.05) is 0 Å². The third kappa shape index (κ3) is 4.53. The van der Waals surface area contributed by atoms with Gasteiger partial charge in [-0.15, -0.1) is 0 Å². The van der Waals surface area contributed by atoms with Gasteiger partial charge in [-0.3, -0.25) is 14.4 Å². The molecule has 2 aliphatic rings. The van der Waals surface area contributed by atoms with E-state index in [-0.39, 0.29) is 34.9 Å². The van der Waals surface area contributed by atoms with E-state index in [1.54, 1.807) is 0 Å². The third-order valence-corrected chi connectivity index (χ3v) is 5.54. The molecule has 1 saturated heterocycles. The molecule has 1 aromatic heterocycles. The molecule has 0 aliphatic carbocycles. The molecule has 1 fully saturated rings. The summed E-state index contributed by atoms with van der Waals surface area (Å²) in [5.41, 5.74) is 6.08. The zero-order chi connectivity index (χ0) is 20.4. The second-order valence-corrected chi connectivity index (χ2v) is 7.72. The highest BCUT2D eigenvalue weighted by Gasteiger charge is 2.45. The lowest BCUT2D eigenvalue weighted by Crippen LogP contribution is -2.33. The van der Waals surface area contributed by atoms with Crippen molar-refractivity contribution in [3.63, 3.8) is 0 Å². The number of ether oxygens (including phenoxy) is 3. The van der Waals surface area contributed by atoms with E-state index in [0.717, 1.165) is 11.8 Å². The molecule has 0 spiro atoms. The molecule has 0 amide bonds. The molecule has 152 valence electrons. The van der Waals surface area contributed by atoms with Crippen LogP contribution in [0.15, 0.2) is 4.90 Å². The van der Waals surface area contributed by atoms with Gasteiger partial charge in [-0.05, 0) is 18.2 Å². The van der Waals surface area contributed by atoms with Gasteiger partial charge in [0.05, 0.1) is 16.7 Å². The van der Waals surface area contributed by atoms with Crippen LogP contribution in [0, 0.1) is 0 Å². The molecule has 4 atom stereocenters. The Labute approximate surface area is 165 Å². The molecule has 0 saturated carbocycles. The van der Waals surface area contributed by atoms with E-state index in [9.17, 15) is 19.5 Å². The van der Waals surface area contributed by atoms with Crippen molar-refractivity contribution < 1.29 is 33.7 Å². The van der Waals surface area contributed by atoms with Crippen LogP contribution in [-0.2, 0) is 28.6 Å². The van der Waals surface area contributed by atoms with E-state index in [0.29, 0.717) is 18.5 Å². The number of hydrogen-bond donors (Lipinski definition) is 2. The van der Waals surface area contributed by atoms with Crippen molar-refractivity contribution in [2.24, 2.45) is 0 Å². The number of esters is 2. The molecular formula is C17H21N3O7S. The molecule has 10 nitrogen and oxygen atoms in total. The smallest absolute Gasteiger partial charge is 0.302 e. The van der Waals surface area contributed by atoms with Crippen LogP contribution < -0.4 is 5.73 Å². The molecule has 0 radical (unpaired) electrons. The second kappa shape index (κ2) is 8.31. The SMILES string of the molecule is CC(=O)OC[C@@H]1C[C@@H](OC(C)=O)[C@H](C2CCC(=O)Sc3c(O)nc(N)nc32)O1. The van der Waals surface area contributed by atoms with Gasteiger partial charge in [0.2, 0.25) is 11.8 Å². The fourth-order valence-corrected chi connectivity index (χ4v) is 4.36. The van der Waals surface area contributed by atoms with Gasteiger partial charge >= 0.3 is 11.9 Å². The summed E-state index contributed by atoms with van der Waals surface area (Å²) in [4.78, 5) is 43.0. The average Bonchev–Trinajstić information content (AvgIpc) is 2.89. The van der Waals surface area contributed by atoms with E-state index < -0.39 is 36.2 Å². The van der Waals surface area contributed by atoms with Crippen LogP contribution in [0.25, 0.3) is 0 Å².